The van der Waals surface area contributed by atoms with Crippen LogP contribution >= 0.6 is 11.8 Å². The van der Waals surface area contributed by atoms with Crippen molar-refractivity contribution in [2.24, 2.45) is 0 Å². The van der Waals surface area contributed by atoms with Crippen molar-refractivity contribution < 1.29 is 0 Å². The Bertz CT molecular complexity index is 286. The number of hydrogen-bond donors (Lipinski definition) is 1. The van der Waals surface area contributed by atoms with E-state index in [-0.39, 0.29) is 0 Å². The van der Waals surface area contributed by atoms with Gasteiger partial charge in [-0.1, -0.05) is 20.8 Å². The Balaban J connectivity index is 2.70. The van der Waals surface area contributed by atoms with Crippen molar-refractivity contribution in [2.45, 2.75) is 39.8 Å². The molecule has 0 radical (unpaired) electrons. The van der Waals surface area contributed by atoms with Gasteiger partial charge in [-0.2, -0.15) is 16.9 Å². The highest BCUT2D eigenvalue weighted by Gasteiger charge is 2.14. The maximum absolute atomic E-state index is 4.38. The number of rotatable bonds is 8. The molecule has 0 amide bonds. The molecule has 1 unspecified atom stereocenters. The smallest absolute Gasteiger partial charge is 0.0583 e. The van der Waals surface area contributed by atoms with Crippen molar-refractivity contribution in [3.05, 3.63) is 18.0 Å². The van der Waals surface area contributed by atoms with Crippen LogP contribution in [0.15, 0.2) is 12.3 Å². The molecule has 3 nitrogen and oxygen atoms in total. The first kappa shape index (κ1) is 13.6. The van der Waals surface area contributed by atoms with Crippen molar-refractivity contribution in [3.63, 3.8) is 0 Å². The molecule has 1 heterocycles. The number of aryl methyl sites for hydroxylation is 1. The van der Waals surface area contributed by atoms with Gasteiger partial charge >= 0.3 is 0 Å². The van der Waals surface area contributed by atoms with Crippen LogP contribution in [-0.2, 0) is 6.54 Å². The highest BCUT2D eigenvalue weighted by Crippen LogP contribution is 2.18. The molecule has 1 rings (SSSR count). The molecule has 92 valence electrons. The van der Waals surface area contributed by atoms with E-state index in [2.05, 4.69) is 41.9 Å². The highest BCUT2D eigenvalue weighted by atomic mass is 32.2. The van der Waals surface area contributed by atoms with Gasteiger partial charge in [0.25, 0.3) is 0 Å². The van der Waals surface area contributed by atoms with Gasteiger partial charge in [0, 0.05) is 18.5 Å². The predicted molar refractivity (Wildman–Crippen MR) is 71.9 cm³/mol. The molecule has 1 atom stereocenters. The molecule has 0 aromatic carbocycles. The second-order valence-corrected chi connectivity index (χ2v) is 5.07. The Morgan fingerprint density at radius 3 is 2.88 bits per heavy atom. The van der Waals surface area contributed by atoms with Crippen molar-refractivity contribution in [1.29, 1.82) is 0 Å². The van der Waals surface area contributed by atoms with Crippen LogP contribution in [0.4, 0.5) is 0 Å². The van der Waals surface area contributed by atoms with Crippen LogP contribution in [-0.4, -0.2) is 27.8 Å². The quantitative estimate of drug-likeness (QED) is 0.759. The molecule has 0 bridgehead atoms. The number of nitrogens with one attached hydrogen (secondary N) is 1. The minimum Gasteiger partial charge on any atom is -0.308 e. The maximum atomic E-state index is 4.38. The number of thioether (sulfide) groups is 1. The SMILES string of the molecule is CCCn1nccc1C(CSCC)NCC. The minimum atomic E-state index is 0.434. The van der Waals surface area contributed by atoms with Crippen LogP contribution < -0.4 is 5.32 Å². The van der Waals surface area contributed by atoms with Gasteiger partial charge in [-0.25, -0.2) is 0 Å². The van der Waals surface area contributed by atoms with E-state index in [4.69, 9.17) is 0 Å². The fourth-order valence-corrected chi connectivity index (χ4v) is 2.53. The Kier molecular flexibility index (Phi) is 6.57. The fraction of sp³-hybridized carbons (Fsp3) is 0.750. The van der Waals surface area contributed by atoms with E-state index < -0.39 is 0 Å². The van der Waals surface area contributed by atoms with Gasteiger partial charge in [-0.3, -0.25) is 4.68 Å². The van der Waals surface area contributed by atoms with E-state index in [1.165, 1.54) is 11.4 Å². The molecule has 16 heavy (non-hydrogen) atoms. The lowest BCUT2D eigenvalue weighted by Crippen LogP contribution is -2.26. The normalized spacial score (nSPS) is 12.9. The third-order valence-corrected chi connectivity index (χ3v) is 3.46. The molecular formula is C12H23N3S. The molecule has 0 saturated carbocycles. The molecule has 0 fully saturated rings. The van der Waals surface area contributed by atoms with Crippen LogP contribution in [0, 0.1) is 0 Å². The third-order valence-electron chi connectivity index (χ3n) is 2.48. The van der Waals surface area contributed by atoms with Crippen molar-refractivity contribution in [3.8, 4) is 0 Å². The Morgan fingerprint density at radius 2 is 2.25 bits per heavy atom. The van der Waals surface area contributed by atoms with Crippen LogP contribution in [0.2, 0.25) is 0 Å². The van der Waals surface area contributed by atoms with Crippen molar-refractivity contribution in [1.82, 2.24) is 15.1 Å². The van der Waals surface area contributed by atoms with Gasteiger partial charge in [-0.05, 0) is 24.8 Å². The number of hydrogen-bond acceptors (Lipinski definition) is 3. The Labute approximate surface area is 103 Å². The van der Waals surface area contributed by atoms with E-state index >= 15 is 0 Å². The summed E-state index contributed by atoms with van der Waals surface area (Å²) in [5.41, 5.74) is 1.32. The average molecular weight is 241 g/mol. The lowest BCUT2D eigenvalue weighted by molar-refractivity contribution is 0.508. The minimum absolute atomic E-state index is 0.434. The average Bonchev–Trinajstić information content (AvgIpc) is 2.73. The summed E-state index contributed by atoms with van der Waals surface area (Å²) in [4.78, 5) is 0. The van der Waals surface area contributed by atoms with Crippen LogP contribution in [0.5, 0.6) is 0 Å². The molecule has 1 aromatic heterocycles. The van der Waals surface area contributed by atoms with E-state index in [1.54, 1.807) is 0 Å². The van der Waals surface area contributed by atoms with Gasteiger partial charge in [0.1, 0.15) is 0 Å². The second kappa shape index (κ2) is 7.74. The molecule has 4 heteroatoms. The van der Waals surface area contributed by atoms with E-state index in [1.807, 2.05) is 18.0 Å². The monoisotopic (exact) mass is 241 g/mol. The zero-order valence-electron chi connectivity index (χ0n) is 10.6. The first-order chi connectivity index (χ1) is 7.83. The summed E-state index contributed by atoms with van der Waals surface area (Å²) in [7, 11) is 0. The second-order valence-electron chi connectivity index (χ2n) is 3.75. The third kappa shape index (κ3) is 3.83. The molecule has 0 aliphatic carbocycles. The van der Waals surface area contributed by atoms with Gasteiger partial charge in [0.15, 0.2) is 0 Å². The van der Waals surface area contributed by atoms with Crippen LogP contribution in [0.25, 0.3) is 0 Å². The van der Waals surface area contributed by atoms with Gasteiger partial charge in [-0.15, -0.1) is 0 Å². The maximum Gasteiger partial charge on any atom is 0.0583 e. The zero-order valence-corrected chi connectivity index (χ0v) is 11.4. The van der Waals surface area contributed by atoms with Crippen LogP contribution in [0.1, 0.15) is 38.9 Å². The van der Waals surface area contributed by atoms with Gasteiger partial charge in [0.05, 0.1) is 11.7 Å². The van der Waals surface area contributed by atoms with Gasteiger partial charge in [0.2, 0.25) is 0 Å². The predicted octanol–water partition coefficient (Wildman–Crippen LogP) is 2.70. The lowest BCUT2D eigenvalue weighted by Gasteiger charge is -2.18. The topological polar surface area (TPSA) is 29.9 Å². The Morgan fingerprint density at radius 1 is 1.44 bits per heavy atom. The molecule has 0 aliphatic rings. The molecular weight excluding hydrogens is 218 g/mol. The first-order valence-electron chi connectivity index (χ1n) is 6.16. The van der Waals surface area contributed by atoms with Crippen LogP contribution in [0.3, 0.4) is 0 Å². The first-order valence-corrected chi connectivity index (χ1v) is 7.31. The summed E-state index contributed by atoms with van der Waals surface area (Å²) in [6.45, 7) is 8.57. The standard InChI is InChI=1S/C12H23N3S/c1-4-9-15-12(7-8-14-15)11(13-5-2)10-16-6-3/h7-8,11,13H,4-6,9-10H2,1-3H3. The molecule has 1 aromatic rings. The zero-order chi connectivity index (χ0) is 11.8. The lowest BCUT2D eigenvalue weighted by atomic mass is 10.2. The highest BCUT2D eigenvalue weighted by molar-refractivity contribution is 7.99. The largest absolute Gasteiger partial charge is 0.308 e. The molecule has 0 aliphatic heterocycles. The van der Waals surface area contributed by atoms with Crippen molar-refractivity contribution in [2.75, 3.05) is 18.1 Å². The summed E-state index contributed by atoms with van der Waals surface area (Å²) in [6.07, 6.45) is 3.04. The fourth-order valence-electron chi connectivity index (χ4n) is 1.77. The Hall–Kier alpha value is -0.480. The summed E-state index contributed by atoms with van der Waals surface area (Å²) in [5, 5.41) is 7.92. The summed E-state index contributed by atoms with van der Waals surface area (Å²) in [6, 6.07) is 2.57. The van der Waals surface area contributed by atoms with E-state index in [0.29, 0.717) is 6.04 Å². The molecule has 0 saturated heterocycles. The van der Waals surface area contributed by atoms with Crippen molar-refractivity contribution >= 4 is 11.8 Å². The summed E-state index contributed by atoms with van der Waals surface area (Å²) in [5.74, 6) is 2.30. The van der Waals surface area contributed by atoms with E-state index in [9.17, 15) is 0 Å². The van der Waals surface area contributed by atoms with E-state index in [0.717, 1.165) is 25.3 Å². The molecule has 1 N–H and O–H groups in total. The number of nitrogens with zero attached hydrogens (tertiary/aromatic N) is 2. The molecule has 0 spiro atoms. The summed E-state index contributed by atoms with van der Waals surface area (Å²) >= 11 is 1.98. The number of aromatic nitrogens is 2. The summed E-state index contributed by atoms with van der Waals surface area (Å²) < 4.78 is 2.13. The van der Waals surface area contributed by atoms with Gasteiger partial charge < -0.3 is 5.32 Å².